The molecule has 32 heavy (non-hydrogen) atoms. The van der Waals surface area contributed by atoms with Crippen LogP contribution in [0.4, 0.5) is 0 Å². The van der Waals surface area contributed by atoms with Crippen molar-refractivity contribution in [1.29, 1.82) is 0 Å². The molecule has 1 heterocycles. The minimum atomic E-state index is -0.390. The molecule has 1 unspecified atom stereocenters. The number of para-hydroxylation sites is 1. The number of carbonyl (C=O) groups excluding carboxylic acids is 1. The number of aromatic nitrogens is 2. The van der Waals surface area contributed by atoms with E-state index in [2.05, 4.69) is 0 Å². The first-order chi connectivity index (χ1) is 15.5. The third-order valence-electron chi connectivity index (χ3n) is 5.28. The average molecular weight is 444 g/mol. The molecule has 6 heteroatoms. The van der Waals surface area contributed by atoms with Crippen LogP contribution in [0.2, 0.25) is 0 Å². The van der Waals surface area contributed by atoms with Gasteiger partial charge in [0.15, 0.2) is 5.16 Å². The summed E-state index contributed by atoms with van der Waals surface area (Å²) in [6.45, 7) is 2.80. The Bertz CT molecular complexity index is 1270. The first-order valence-corrected chi connectivity index (χ1v) is 11.4. The van der Waals surface area contributed by atoms with Crippen molar-refractivity contribution in [3.63, 3.8) is 0 Å². The van der Waals surface area contributed by atoms with Crippen LogP contribution in [0, 0.1) is 0 Å². The van der Waals surface area contributed by atoms with Gasteiger partial charge in [0.25, 0.3) is 5.56 Å². The maximum atomic E-state index is 13.3. The Balaban J connectivity index is 1.63. The van der Waals surface area contributed by atoms with E-state index in [0.717, 1.165) is 11.1 Å². The number of fused-ring (bicyclic) bond motifs is 1. The van der Waals surface area contributed by atoms with Gasteiger partial charge in [-0.2, -0.15) is 0 Å². The van der Waals surface area contributed by atoms with E-state index in [9.17, 15) is 9.59 Å². The molecule has 0 spiro atoms. The van der Waals surface area contributed by atoms with Gasteiger partial charge in [-0.25, -0.2) is 4.98 Å². The Morgan fingerprint density at radius 1 is 0.938 bits per heavy atom. The van der Waals surface area contributed by atoms with Gasteiger partial charge in [0.05, 0.1) is 22.7 Å². The van der Waals surface area contributed by atoms with Crippen LogP contribution in [0.15, 0.2) is 94.9 Å². The summed E-state index contributed by atoms with van der Waals surface area (Å²) in [5, 5.41) is 0.735. The van der Waals surface area contributed by atoms with Gasteiger partial charge in [-0.3, -0.25) is 14.2 Å². The Morgan fingerprint density at radius 2 is 1.53 bits per heavy atom. The maximum absolute atomic E-state index is 13.3. The smallest absolute Gasteiger partial charge is 0.262 e. The molecule has 3 aromatic carbocycles. The number of hydrogen-bond donors (Lipinski definition) is 0. The summed E-state index contributed by atoms with van der Waals surface area (Å²) in [7, 11) is 1.80. The number of nitrogens with zero attached hydrogens (tertiary/aromatic N) is 3. The van der Waals surface area contributed by atoms with Crippen molar-refractivity contribution in [3.05, 3.63) is 106 Å². The lowest BCUT2D eigenvalue weighted by molar-refractivity contribution is -0.129. The second kappa shape index (κ2) is 9.83. The fourth-order valence-corrected chi connectivity index (χ4v) is 4.62. The topological polar surface area (TPSA) is 55.2 Å². The molecule has 0 radical (unpaired) electrons. The predicted molar refractivity (Wildman–Crippen MR) is 130 cm³/mol. The molecule has 0 bridgehead atoms. The number of benzene rings is 3. The van der Waals surface area contributed by atoms with Crippen molar-refractivity contribution < 1.29 is 4.79 Å². The second-order valence-corrected chi connectivity index (χ2v) is 9.04. The minimum absolute atomic E-state index is 0.00692. The monoisotopic (exact) mass is 443 g/mol. The van der Waals surface area contributed by atoms with Crippen LogP contribution in [-0.4, -0.2) is 32.7 Å². The van der Waals surface area contributed by atoms with Gasteiger partial charge in [-0.05, 0) is 30.2 Å². The zero-order valence-electron chi connectivity index (χ0n) is 18.1. The average Bonchev–Trinajstić information content (AvgIpc) is 2.82. The molecule has 0 aliphatic rings. The van der Waals surface area contributed by atoms with E-state index in [1.807, 2.05) is 85.8 Å². The molecule has 0 aliphatic heterocycles. The standard InChI is InChI=1S/C26H25N3O2S/c1-19(24(30)28(2)17-20-11-5-3-6-12-20)32-26-27-23-16-10-9-15-22(23)25(31)29(26)18-21-13-7-4-8-14-21/h3-16,19H,17-18H2,1-2H3. The largest absolute Gasteiger partial charge is 0.340 e. The third kappa shape index (κ3) is 4.92. The molecule has 4 aromatic rings. The second-order valence-electron chi connectivity index (χ2n) is 7.73. The van der Waals surface area contributed by atoms with Gasteiger partial charge >= 0.3 is 0 Å². The van der Waals surface area contributed by atoms with Gasteiger partial charge in [0.1, 0.15) is 0 Å². The Hall–Kier alpha value is -3.38. The van der Waals surface area contributed by atoms with Crippen molar-refractivity contribution >= 4 is 28.6 Å². The highest BCUT2D eigenvalue weighted by atomic mass is 32.2. The highest BCUT2D eigenvalue weighted by molar-refractivity contribution is 8.00. The molecule has 0 aliphatic carbocycles. The molecule has 1 atom stereocenters. The fourth-order valence-electron chi connectivity index (χ4n) is 3.60. The van der Waals surface area contributed by atoms with Crippen molar-refractivity contribution in [2.24, 2.45) is 0 Å². The molecule has 0 fully saturated rings. The number of hydrogen-bond acceptors (Lipinski definition) is 4. The number of amides is 1. The van der Waals surface area contributed by atoms with Crippen LogP contribution in [0.5, 0.6) is 0 Å². The molecule has 0 N–H and O–H groups in total. The van der Waals surface area contributed by atoms with E-state index >= 15 is 0 Å². The molecular weight excluding hydrogens is 418 g/mol. The zero-order chi connectivity index (χ0) is 22.5. The predicted octanol–water partition coefficient (Wildman–Crippen LogP) is 4.58. The van der Waals surface area contributed by atoms with Gasteiger partial charge < -0.3 is 4.90 Å². The molecule has 162 valence electrons. The molecule has 0 saturated heterocycles. The summed E-state index contributed by atoms with van der Waals surface area (Å²) in [5.74, 6) is -0.00692. The zero-order valence-corrected chi connectivity index (χ0v) is 19.0. The van der Waals surface area contributed by atoms with Crippen LogP contribution >= 0.6 is 11.8 Å². The molecule has 4 rings (SSSR count). The summed E-state index contributed by atoms with van der Waals surface area (Å²) in [4.78, 5) is 32.8. The quantitative estimate of drug-likeness (QED) is 0.310. The van der Waals surface area contributed by atoms with Crippen LogP contribution in [0.1, 0.15) is 18.1 Å². The lowest BCUT2D eigenvalue weighted by Gasteiger charge is -2.22. The lowest BCUT2D eigenvalue weighted by atomic mass is 10.2. The number of thioether (sulfide) groups is 1. The summed E-state index contributed by atoms with van der Waals surface area (Å²) < 4.78 is 1.67. The summed E-state index contributed by atoms with van der Waals surface area (Å²) in [5.41, 5.74) is 2.62. The number of carbonyl (C=O) groups is 1. The van der Waals surface area contributed by atoms with E-state index in [1.54, 1.807) is 22.6 Å². The van der Waals surface area contributed by atoms with Crippen LogP contribution in [0.3, 0.4) is 0 Å². The Morgan fingerprint density at radius 3 is 2.22 bits per heavy atom. The van der Waals surface area contributed by atoms with Crippen molar-refractivity contribution in [3.8, 4) is 0 Å². The Labute approximate surface area is 191 Å². The van der Waals surface area contributed by atoms with E-state index in [4.69, 9.17) is 4.98 Å². The van der Waals surface area contributed by atoms with E-state index in [-0.39, 0.29) is 11.5 Å². The number of rotatable bonds is 7. The normalized spacial score (nSPS) is 11.9. The van der Waals surface area contributed by atoms with E-state index < -0.39 is 5.25 Å². The molecule has 1 amide bonds. The van der Waals surface area contributed by atoms with Crippen LogP contribution < -0.4 is 5.56 Å². The minimum Gasteiger partial charge on any atom is -0.340 e. The van der Waals surface area contributed by atoms with Crippen molar-refractivity contribution in [2.45, 2.75) is 30.4 Å². The van der Waals surface area contributed by atoms with Gasteiger partial charge in [-0.1, -0.05) is 84.6 Å². The first kappa shape index (κ1) is 21.8. The van der Waals surface area contributed by atoms with E-state index in [0.29, 0.717) is 29.1 Å². The van der Waals surface area contributed by atoms with Gasteiger partial charge in [0.2, 0.25) is 5.91 Å². The fraction of sp³-hybridized carbons (Fsp3) is 0.192. The highest BCUT2D eigenvalue weighted by Gasteiger charge is 2.22. The summed E-state index contributed by atoms with van der Waals surface area (Å²) in [6.07, 6.45) is 0. The SMILES string of the molecule is CC(Sc1nc2ccccc2c(=O)n1Cc1ccccc1)C(=O)N(C)Cc1ccccc1. The third-order valence-corrected chi connectivity index (χ3v) is 6.36. The maximum Gasteiger partial charge on any atom is 0.262 e. The highest BCUT2D eigenvalue weighted by Crippen LogP contribution is 2.25. The van der Waals surface area contributed by atoms with Crippen molar-refractivity contribution in [2.75, 3.05) is 7.05 Å². The van der Waals surface area contributed by atoms with Gasteiger partial charge in [0, 0.05) is 13.6 Å². The van der Waals surface area contributed by atoms with Crippen molar-refractivity contribution in [1.82, 2.24) is 14.5 Å². The van der Waals surface area contributed by atoms with Crippen LogP contribution in [0.25, 0.3) is 10.9 Å². The Kier molecular flexibility index (Phi) is 6.71. The lowest BCUT2D eigenvalue weighted by Crippen LogP contribution is -2.33. The molecular formula is C26H25N3O2S. The molecule has 0 saturated carbocycles. The van der Waals surface area contributed by atoms with E-state index in [1.165, 1.54) is 11.8 Å². The first-order valence-electron chi connectivity index (χ1n) is 10.5. The molecule has 1 aromatic heterocycles. The molecule has 5 nitrogen and oxygen atoms in total. The van der Waals surface area contributed by atoms with Gasteiger partial charge in [-0.15, -0.1) is 0 Å². The summed E-state index contributed by atoms with van der Waals surface area (Å²) >= 11 is 1.33. The summed E-state index contributed by atoms with van der Waals surface area (Å²) in [6, 6.07) is 27.1. The van der Waals surface area contributed by atoms with Crippen LogP contribution in [-0.2, 0) is 17.9 Å².